The number of hydrogen-bond donors (Lipinski definition) is 1. The molecule has 0 radical (unpaired) electrons. The summed E-state index contributed by atoms with van der Waals surface area (Å²) in [5.41, 5.74) is 0.923. The second-order valence-electron chi connectivity index (χ2n) is 6.75. The number of methoxy groups -OCH3 is 1. The first kappa shape index (κ1) is 15.0. The first-order chi connectivity index (χ1) is 9.96. The molecule has 0 bridgehead atoms. The van der Waals surface area contributed by atoms with E-state index in [4.69, 9.17) is 14.2 Å². The molecule has 1 N–H and O–H groups in total. The number of aliphatic hydroxyl groups excluding tert-OH is 1. The molecule has 0 aromatic carbocycles. The Bertz CT molecular complexity index is 460. The van der Waals surface area contributed by atoms with Crippen LogP contribution in [-0.4, -0.2) is 48.7 Å². The van der Waals surface area contributed by atoms with Crippen LogP contribution in [0.1, 0.15) is 33.1 Å². The van der Waals surface area contributed by atoms with Crippen molar-refractivity contribution >= 4 is 5.97 Å². The summed E-state index contributed by atoms with van der Waals surface area (Å²) in [4.78, 5) is 12.1. The smallest absolute Gasteiger partial charge is 0.312 e. The number of carbonyl (C=O) groups excluding carboxylic acids is 1. The van der Waals surface area contributed by atoms with Crippen LogP contribution in [0.4, 0.5) is 0 Å². The van der Waals surface area contributed by atoms with E-state index in [9.17, 15) is 9.90 Å². The first-order valence-electron chi connectivity index (χ1n) is 7.67. The number of carbonyl (C=O) groups is 1. The molecular formula is C16H24O5. The summed E-state index contributed by atoms with van der Waals surface area (Å²) in [6.07, 6.45) is 3.53. The van der Waals surface area contributed by atoms with Crippen molar-refractivity contribution in [2.75, 3.05) is 13.7 Å². The van der Waals surface area contributed by atoms with Crippen LogP contribution in [0.2, 0.25) is 0 Å². The van der Waals surface area contributed by atoms with Crippen molar-refractivity contribution < 1.29 is 24.1 Å². The number of fused-ring (bicyclic) bond motifs is 2. The molecule has 3 aliphatic rings. The number of epoxide rings is 1. The van der Waals surface area contributed by atoms with Crippen LogP contribution in [0.15, 0.2) is 11.6 Å². The molecule has 0 aromatic rings. The van der Waals surface area contributed by atoms with Gasteiger partial charge in [0.05, 0.1) is 24.2 Å². The lowest BCUT2D eigenvalue weighted by Gasteiger charge is -2.26. The van der Waals surface area contributed by atoms with E-state index in [-0.39, 0.29) is 36.3 Å². The van der Waals surface area contributed by atoms with Gasteiger partial charge in [0.15, 0.2) is 0 Å². The zero-order valence-corrected chi connectivity index (χ0v) is 12.9. The lowest BCUT2D eigenvalue weighted by Crippen LogP contribution is -2.40. The molecule has 2 saturated heterocycles. The van der Waals surface area contributed by atoms with Crippen molar-refractivity contribution in [2.24, 2.45) is 11.8 Å². The Morgan fingerprint density at radius 3 is 3.00 bits per heavy atom. The number of hydrogen-bond acceptors (Lipinski definition) is 5. The van der Waals surface area contributed by atoms with Crippen LogP contribution >= 0.6 is 0 Å². The van der Waals surface area contributed by atoms with Crippen LogP contribution < -0.4 is 0 Å². The first-order valence-corrected chi connectivity index (χ1v) is 7.67. The molecule has 2 fully saturated rings. The maximum absolute atomic E-state index is 12.1. The Balaban J connectivity index is 1.89. The predicted octanol–water partition coefficient (Wildman–Crippen LogP) is 1.44. The second kappa shape index (κ2) is 5.38. The zero-order valence-electron chi connectivity index (χ0n) is 12.9. The fraction of sp³-hybridized carbons (Fsp3) is 0.812. The van der Waals surface area contributed by atoms with Crippen LogP contribution in [0.5, 0.6) is 0 Å². The number of esters is 1. The fourth-order valence-electron chi connectivity index (χ4n) is 3.82. The minimum absolute atomic E-state index is 0.203. The van der Waals surface area contributed by atoms with Gasteiger partial charge in [0, 0.05) is 19.4 Å². The van der Waals surface area contributed by atoms with E-state index in [2.05, 4.69) is 13.0 Å². The van der Waals surface area contributed by atoms with Gasteiger partial charge in [-0.1, -0.05) is 11.6 Å². The quantitative estimate of drug-likeness (QED) is 0.474. The molecule has 0 unspecified atom stereocenters. The van der Waals surface area contributed by atoms with Gasteiger partial charge < -0.3 is 19.3 Å². The minimum atomic E-state index is -0.683. The zero-order chi connectivity index (χ0) is 15.2. The highest BCUT2D eigenvalue weighted by Crippen LogP contribution is 2.48. The van der Waals surface area contributed by atoms with Gasteiger partial charge in [0.25, 0.3) is 0 Å². The summed E-state index contributed by atoms with van der Waals surface area (Å²) in [6.45, 7) is 4.36. The van der Waals surface area contributed by atoms with E-state index in [1.54, 1.807) is 7.11 Å². The topological polar surface area (TPSA) is 68.3 Å². The molecule has 0 saturated carbocycles. The molecule has 5 nitrogen and oxygen atoms in total. The van der Waals surface area contributed by atoms with Crippen molar-refractivity contribution in [3.8, 4) is 0 Å². The highest BCUT2D eigenvalue weighted by Gasteiger charge is 2.61. The third-order valence-corrected chi connectivity index (χ3v) is 5.11. The molecular weight excluding hydrogens is 272 g/mol. The van der Waals surface area contributed by atoms with Crippen LogP contribution in [0.25, 0.3) is 0 Å². The van der Waals surface area contributed by atoms with Gasteiger partial charge >= 0.3 is 5.97 Å². The molecule has 0 amide bonds. The van der Waals surface area contributed by atoms with Gasteiger partial charge in [0.1, 0.15) is 12.2 Å². The average Bonchev–Trinajstić information content (AvgIpc) is 2.99. The fourth-order valence-corrected chi connectivity index (χ4v) is 3.82. The summed E-state index contributed by atoms with van der Waals surface area (Å²) < 4.78 is 16.4. The van der Waals surface area contributed by atoms with Gasteiger partial charge in [-0.2, -0.15) is 0 Å². The normalized spacial score (nSPS) is 48.7. The van der Waals surface area contributed by atoms with Gasteiger partial charge in [-0.05, 0) is 26.7 Å². The molecule has 6 atom stereocenters. The van der Waals surface area contributed by atoms with E-state index in [0.717, 1.165) is 12.8 Å². The van der Waals surface area contributed by atoms with Crippen molar-refractivity contribution in [1.82, 2.24) is 0 Å². The van der Waals surface area contributed by atoms with E-state index < -0.39 is 12.0 Å². The largest absolute Gasteiger partial charge is 0.461 e. The van der Waals surface area contributed by atoms with E-state index in [1.165, 1.54) is 5.57 Å². The van der Waals surface area contributed by atoms with Crippen LogP contribution in [-0.2, 0) is 19.0 Å². The number of rotatable bonds is 2. The van der Waals surface area contributed by atoms with Gasteiger partial charge in [-0.3, -0.25) is 4.79 Å². The molecule has 5 heteroatoms. The highest BCUT2D eigenvalue weighted by atomic mass is 16.6. The average molecular weight is 296 g/mol. The minimum Gasteiger partial charge on any atom is -0.461 e. The Morgan fingerprint density at radius 2 is 2.29 bits per heavy atom. The maximum Gasteiger partial charge on any atom is 0.312 e. The summed E-state index contributed by atoms with van der Waals surface area (Å²) in [7, 11) is 1.57. The van der Waals surface area contributed by atoms with Gasteiger partial charge in [-0.25, -0.2) is 0 Å². The Morgan fingerprint density at radius 1 is 1.52 bits per heavy atom. The van der Waals surface area contributed by atoms with E-state index in [0.29, 0.717) is 6.42 Å². The van der Waals surface area contributed by atoms with Crippen LogP contribution in [0.3, 0.4) is 0 Å². The van der Waals surface area contributed by atoms with Crippen molar-refractivity contribution in [1.29, 1.82) is 0 Å². The summed E-state index contributed by atoms with van der Waals surface area (Å²) >= 11 is 0. The molecule has 0 spiro atoms. The number of aliphatic hydroxyl groups is 1. The Hall–Kier alpha value is -0.910. The molecule has 118 valence electrons. The number of ether oxygens (including phenoxy) is 3. The van der Waals surface area contributed by atoms with Gasteiger partial charge in [0.2, 0.25) is 0 Å². The molecule has 2 aliphatic heterocycles. The third-order valence-electron chi connectivity index (χ3n) is 5.11. The van der Waals surface area contributed by atoms with E-state index in [1.807, 2.05) is 6.92 Å². The molecule has 1 aliphatic carbocycles. The standard InChI is InChI=1S/C16H24O5/c1-9-5-4-6-16(2)14(21-16)13(17)12-10(8-19-3)15(18)20-11(12)7-9/h5,10-14,17H,4,6-8H2,1-3H3/b9-5+/t10-,11-,12+,13-,14+,16-/m0/s1. The Kier molecular flexibility index (Phi) is 3.84. The molecule has 3 rings (SSSR count). The maximum atomic E-state index is 12.1. The number of allylic oxidation sites excluding steroid dienone is 1. The van der Waals surface area contributed by atoms with Crippen LogP contribution in [0, 0.1) is 11.8 Å². The lowest BCUT2D eigenvalue weighted by molar-refractivity contribution is -0.145. The summed E-state index contributed by atoms with van der Waals surface area (Å²) in [5.74, 6) is -0.929. The summed E-state index contributed by atoms with van der Waals surface area (Å²) in [5, 5.41) is 10.7. The van der Waals surface area contributed by atoms with Gasteiger partial charge in [-0.15, -0.1) is 0 Å². The Labute approximate surface area is 125 Å². The summed E-state index contributed by atoms with van der Waals surface area (Å²) in [6, 6.07) is 0. The van der Waals surface area contributed by atoms with E-state index >= 15 is 0 Å². The molecule has 0 aromatic heterocycles. The monoisotopic (exact) mass is 296 g/mol. The molecule has 21 heavy (non-hydrogen) atoms. The second-order valence-corrected chi connectivity index (χ2v) is 6.75. The van der Waals surface area contributed by atoms with Crippen molar-refractivity contribution in [2.45, 2.75) is 57.0 Å². The SMILES string of the molecule is COC[C@@H]1C(=O)O[C@H]2C/C(C)=C/CC[C@]3(C)O[C@@H]3[C@@H](O)[C@@H]21. The molecule has 2 heterocycles. The van der Waals surface area contributed by atoms with Crippen molar-refractivity contribution in [3.05, 3.63) is 11.6 Å². The third kappa shape index (κ3) is 2.62. The lowest BCUT2D eigenvalue weighted by atomic mass is 9.79. The predicted molar refractivity (Wildman–Crippen MR) is 75.6 cm³/mol. The highest BCUT2D eigenvalue weighted by molar-refractivity contribution is 5.75. The van der Waals surface area contributed by atoms with Crippen molar-refractivity contribution in [3.63, 3.8) is 0 Å².